The van der Waals surface area contributed by atoms with Crippen LogP contribution in [0.1, 0.15) is 24.5 Å². The third-order valence-corrected chi connectivity index (χ3v) is 3.02. The van der Waals surface area contributed by atoms with Gasteiger partial charge < -0.3 is 15.4 Å². The van der Waals surface area contributed by atoms with Gasteiger partial charge in [0.05, 0.1) is 13.0 Å². The molecule has 1 unspecified atom stereocenters. The number of rotatable bonds is 7. The highest BCUT2D eigenvalue weighted by atomic mass is 35.5. The van der Waals surface area contributed by atoms with Crippen LogP contribution < -0.4 is 15.4 Å². The number of carbonyl (C=O) groups excluding carboxylic acids is 1. The summed E-state index contributed by atoms with van der Waals surface area (Å²) in [5.41, 5.74) is 2.31. The Morgan fingerprint density at radius 2 is 2.05 bits per heavy atom. The van der Waals surface area contributed by atoms with E-state index in [1.165, 1.54) is 5.56 Å². The van der Waals surface area contributed by atoms with Crippen molar-refractivity contribution in [2.75, 3.05) is 20.2 Å². The third kappa shape index (κ3) is 6.78. The van der Waals surface area contributed by atoms with Gasteiger partial charge in [-0.2, -0.15) is 0 Å². The van der Waals surface area contributed by atoms with Crippen LogP contribution in [0.15, 0.2) is 18.2 Å². The maximum absolute atomic E-state index is 11.6. The van der Waals surface area contributed by atoms with Crippen molar-refractivity contribution in [1.82, 2.24) is 10.6 Å². The highest BCUT2D eigenvalue weighted by molar-refractivity contribution is 5.85. The summed E-state index contributed by atoms with van der Waals surface area (Å²) >= 11 is 0. The smallest absolute Gasteiger partial charge is 0.223 e. The van der Waals surface area contributed by atoms with E-state index in [1.54, 1.807) is 0 Å². The first-order chi connectivity index (χ1) is 9.02. The average molecular weight is 301 g/mol. The second kappa shape index (κ2) is 9.61. The lowest BCUT2D eigenvalue weighted by atomic mass is 10.1. The molecule has 0 saturated carbocycles. The number of carbonyl (C=O) groups is 1. The molecule has 1 atom stereocenters. The Kier molecular flexibility index (Phi) is 9.01. The van der Waals surface area contributed by atoms with Gasteiger partial charge in [-0.3, -0.25) is 4.79 Å². The molecule has 5 heteroatoms. The summed E-state index contributed by atoms with van der Waals surface area (Å²) in [7, 11) is 1.88. The van der Waals surface area contributed by atoms with Gasteiger partial charge in [0.25, 0.3) is 0 Å². The van der Waals surface area contributed by atoms with Crippen molar-refractivity contribution in [2.24, 2.45) is 0 Å². The summed E-state index contributed by atoms with van der Waals surface area (Å²) in [6.07, 6.45) is 0.379. The number of hydrogen-bond acceptors (Lipinski definition) is 3. The zero-order chi connectivity index (χ0) is 14.3. The molecule has 0 aromatic heterocycles. The molecule has 1 rings (SSSR count). The van der Waals surface area contributed by atoms with Gasteiger partial charge in [0.15, 0.2) is 0 Å². The van der Waals surface area contributed by atoms with Crippen molar-refractivity contribution in [2.45, 2.75) is 33.2 Å². The van der Waals surface area contributed by atoms with E-state index in [4.69, 9.17) is 4.74 Å². The topological polar surface area (TPSA) is 50.4 Å². The number of halogens is 1. The Labute approximate surface area is 127 Å². The summed E-state index contributed by atoms with van der Waals surface area (Å²) in [5, 5.41) is 5.93. The molecule has 0 aliphatic rings. The Hall–Kier alpha value is -1.26. The predicted molar refractivity (Wildman–Crippen MR) is 84.8 cm³/mol. The number of hydrogen-bond donors (Lipinski definition) is 2. The van der Waals surface area contributed by atoms with E-state index >= 15 is 0 Å². The number of ether oxygens (including phenoxy) is 1. The molecule has 2 N–H and O–H groups in total. The van der Waals surface area contributed by atoms with E-state index in [-0.39, 0.29) is 24.4 Å². The molecule has 1 aromatic carbocycles. The van der Waals surface area contributed by atoms with Crippen molar-refractivity contribution in [3.05, 3.63) is 29.3 Å². The van der Waals surface area contributed by atoms with Gasteiger partial charge in [-0.25, -0.2) is 0 Å². The standard InChI is InChI=1S/C15H24N2O2.ClH/c1-11-5-6-14(12(2)9-11)19-8-7-15(18)17-10-13(3)16-4;/h5-6,9,13,16H,7-8,10H2,1-4H3,(H,17,18);1H. The van der Waals surface area contributed by atoms with Crippen molar-refractivity contribution in [3.8, 4) is 5.75 Å². The van der Waals surface area contributed by atoms with Crippen LogP contribution in [0.5, 0.6) is 5.75 Å². The van der Waals surface area contributed by atoms with Gasteiger partial charge in [0.2, 0.25) is 5.91 Å². The van der Waals surface area contributed by atoms with Crippen LogP contribution in [0.3, 0.4) is 0 Å². The van der Waals surface area contributed by atoms with Gasteiger partial charge in [-0.1, -0.05) is 17.7 Å². The van der Waals surface area contributed by atoms with Crippen molar-refractivity contribution < 1.29 is 9.53 Å². The minimum absolute atomic E-state index is 0. The predicted octanol–water partition coefficient (Wildman–Crippen LogP) is 2.22. The first-order valence-electron chi connectivity index (χ1n) is 6.67. The maximum Gasteiger partial charge on any atom is 0.223 e. The SMILES string of the molecule is CNC(C)CNC(=O)CCOc1ccc(C)cc1C.Cl. The largest absolute Gasteiger partial charge is 0.493 e. The average Bonchev–Trinajstić information content (AvgIpc) is 2.38. The molecule has 1 aromatic rings. The van der Waals surface area contributed by atoms with E-state index < -0.39 is 0 Å². The van der Waals surface area contributed by atoms with Gasteiger partial charge in [-0.15, -0.1) is 12.4 Å². The lowest BCUT2D eigenvalue weighted by molar-refractivity contribution is -0.121. The fourth-order valence-corrected chi connectivity index (χ4v) is 1.67. The van der Waals surface area contributed by atoms with Gasteiger partial charge in [-0.05, 0) is 39.4 Å². The highest BCUT2D eigenvalue weighted by Gasteiger charge is 2.05. The fraction of sp³-hybridized carbons (Fsp3) is 0.533. The number of likely N-dealkylation sites (N-methyl/N-ethyl adjacent to an activating group) is 1. The van der Waals surface area contributed by atoms with Gasteiger partial charge in [0.1, 0.15) is 5.75 Å². The zero-order valence-electron chi connectivity index (χ0n) is 12.7. The van der Waals surface area contributed by atoms with Gasteiger partial charge >= 0.3 is 0 Å². The molecular formula is C15H25ClN2O2. The van der Waals surface area contributed by atoms with E-state index in [9.17, 15) is 4.79 Å². The second-order valence-electron chi connectivity index (χ2n) is 4.86. The third-order valence-electron chi connectivity index (χ3n) is 3.02. The summed E-state index contributed by atoms with van der Waals surface area (Å²) < 4.78 is 5.62. The molecule has 0 aliphatic carbocycles. The molecule has 0 aliphatic heterocycles. The van der Waals surface area contributed by atoms with Crippen LogP contribution in [-0.4, -0.2) is 32.1 Å². The second-order valence-corrected chi connectivity index (χ2v) is 4.86. The lowest BCUT2D eigenvalue weighted by Crippen LogP contribution is -2.37. The van der Waals surface area contributed by atoms with Crippen LogP contribution in [-0.2, 0) is 4.79 Å². The molecule has 0 bridgehead atoms. The molecule has 0 saturated heterocycles. The lowest BCUT2D eigenvalue weighted by Gasteiger charge is -2.12. The first kappa shape index (κ1) is 18.7. The van der Waals surface area contributed by atoms with Gasteiger partial charge in [0, 0.05) is 12.6 Å². The van der Waals surface area contributed by atoms with Crippen LogP contribution in [0, 0.1) is 13.8 Å². The highest BCUT2D eigenvalue weighted by Crippen LogP contribution is 2.18. The minimum atomic E-state index is 0. The Balaban J connectivity index is 0.00000361. The van der Waals surface area contributed by atoms with Crippen molar-refractivity contribution in [1.29, 1.82) is 0 Å². The molecular weight excluding hydrogens is 276 g/mol. The van der Waals surface area contributed by atoms with Crippen LogP contribution in [0.2, 0.25) is 0 Å². The minimum Gasteiger partial charge on any atom is -0.493 e. The quantitative estimate of drug-likeness (QED) is 0.812. The van der Waals surface area contributed by atoms with Crippen molar-refractivity contribution >= 4 is 18.3 Å². The molecule has 1 amide bonds. The number of aryl methyl sites for hydroxylation is 2. The molecule has 20 heavy (non-hydrogen) atoms. The number of benzene rings is 1. The first-order valence-corrected chi connectivity index (χ1v) is 6.67. The zero-order valence-corrected chi connectivity index (χ0v) is 13.5. The fourth-order valence-electron chi connectivity index (χ4n) is 1.67. The molecule has 0 fully saturated rings. The number of amides is 1. The van der Waals surface area contributed by atoms with E-state index in [0.717, 1.165) is 11.3 Å². The summed E-state index contributed by atoms with van der Waals surface area (Å²) in [4.78, 5) is 11.6. The summed E-state index contributed by atoms with van der Waals surface area (Å²) in [6, 6.07) is 6.32. The van der Waals surface area contributed by atoms with Crippen molar-refractivity contribution in [3.63, 3.8) is 0 Å². The Bertz CT molecular complexity index is 424. The molecule has 4 nitrogen and oxygen atoms in total. The molecule has 0 radical (unpaired) electrons. The molecule has 0 spiro atoms. The van der Waals surface area contributed by atoms with Crippen LogP contribution in [0.4, 0.5) is 0 Å². The summed E-state index contributed by atoms with van der Waals surface area (Å²) in [5.74, 6) is 0.869. The van der Waals surface area contributed by atoms with E-state index in [2.05, 4.69) is 16.7 Å². The monoisotopic (exact) mass is 300 g/mol. The maximum atomic E-state index is 11.6. The van der Waals surface area contributed by atoms with E-state index in [1.807, 2.05) is 40.0 Å². The van der Waals surface area contributed by atoms with Crippen LogP contribution >= 0.6 is 12.4 Å². The Morgan fingerprint density at radius 3 is 2.65 bits per heavy atom. The summed E-state index contributed by atoms with van der Waals surface area (Å²) in [6.45, 7) is 7.12. The van der Waals surface area contributed by atoms with Crippen LogP contribution in [0.25, 0.3) is 0 Å². The molecule has 114 valence electrons. The van der Waals surface area contributed by atoms with E-state index in [0.29, 0.717) is 19.6 Å². The number of nitrogens with one attached hydrogen (secondary N) is 2. The molecule has 0 heterocycles. The Morgan fingerprint density at radius 1 is 1.35 bits per heavy atom. The normalized spacial score (nSPS) is 11.4.